The van der Waals surface area contributed by atoms with Crippen LogP contribution >= 0.6 is 0 Å². The van der Waals surface area contributed by atoms with Gasteiger partial charge in [0.1, 0.15) is 11.5 Å². The largest absolute Gasteiger partial charge is 0.380 e. The van der Waals surface area contributed by atoms with E-state index in [9.17, 15) is 13.2 Å². The summed E-state index contributed by atoms with van der Waals surface area (Å²) in [4.78, 5) is 0. The Morgan fingerprint density at radius 3 is 2.20 bits per heavy atom. The highest BCUT2D eigenvalue weighted by Crippen LogP contribution is 2.19. The van der Waals surface area contributed by atoms with Crippen LogP contribution in [0.3, 0.4) is 0 Å². The Morgan fingerprint density at radius 2 is 1.67 bits per heavy atom. The highest BCUT2D eigenvalue weighted by Gasteiger charge is 2.10. The van der Waals surface area contributed by atoms with E-state index < -0.39 is 17.5 Å². The van der Waals surface area contributed by atoms with Gasteiger partial charge in [-0.15, -0.1) is 0 Å². The van der Waals surface area contributed by atoms with Gasteiger partial charge in [-0.3, -0.25) is 0 Å². The first-order valence-electron chi connectivity index (χ1n) is 5.03. The molecule has 0 aliphatic carbocycles. The predicted molar refractivity (Wildman–Crippen MR) is 54.3 cm³/mol. The molecule has 0 aliphatic rings. The molecule has 0 aliphatic heterocycles. The first-order chi connectivity index (χ1) is 7.15. The van der Waals surface area contributed by atoms with Crippen molar-refractivity contribution < 1.29 is 13.2 Å². The number of hydrogen-bond acceptors (Lipinski definition) is 1. The van der Waals surface area contributed by atoms with Gasteiger partial charge in [0.05, 0.1) is 0 Å². The Balaban J connectivity index is 2.60. The van der Waals surface area contributed by atoms with Gasteiger partial charge in [0.25, 0.3) is 0 Å². The zero-order chi connectivity index (χ0) is 11.3. The molecule has 0 heterocycles. The van der Waals surface area contributed by atoms with Gasteiger partial charge >= 0.3 is 0 Å². The van der Waals surface area contributed by atoms with Crippen LogP contribution in [0.25, 0.3) is 0 Å². The van der Waals surface area contributed by atoms with Crippen LogP contribution in [0.5, 0.6) is 0 Å². The Labute approximate surface area is 87.3 Å². The first-order valence-corrected chi connectivity index (χ1v) is 5.03. The third kappa shape index (κ3) is 3.46. The summed E-state index contributed by atoms with van der Waals surface area (Å²) in [6, 6.07) is 1.34. The van der Waals surface area contributed by atoms with Crippen molar-refractivity contribution in [1.29, 1.82) is 0 Å². The third-order valence-electron chi connectivity index (χ3n) is 2.09. The number of rotatable bonds is 5. The van der Waals surface area contributed by atoms with Gasteiger partial charge in [-0.1, -0.05) is 19.8 Å². The average Bonchev–Trinajstić information content (AvgIpc) is 2.15. The minimum atomic E-state index is -0.899. The molecule has 0 amide bonds. The van der Waals surface area contributed by atoms with Crippen LogP contribution in [0.15, 0.2) is 12.1 Å². The quantitative estimate of drug-likeness (QED) is 0.741. The lowest BCUT2D eigenvalue weighted by molar-refractivity contribution is 0.546. The van der Waals surface area contributed by atoms with Gasteiger partial charge in [-0.05, 0) is 6.42 Å². The molecule has 0 atom stereocenters. The lowest BCUT2D eigenvalue weighted by Gasteiger charge is -2.08. The molecule has 0 spiro atoms. The van der Waals surface area contributed by atoms with E-state index in [-0.39, 0.29) is 5.69 Å². The van der Waals surface area contributed by atoms with Crippen molar-refractivity contribution in [2.45, 2.75) is 26.2 Å². The normalized spacial score (nSPS) is 10.4. The van der Waals surface area contributed by atoms with E-state index in [2.05, 4.69) is 5.32 Å². The van der Waals surface area contributed by atoms with Crippen molar-refractivity contribution >= 4 is 5.69 Å². The summed E-state index contributed by atoms with van der Waals surface area (Å²) in [5.74, 6) is -2.67. The van der Waals surface area contributed by atoms with E-state index in [4.69, 9.17) is 0 Å². The van der Waals surface area contributed by atoms with Crippen LogP contribution < -0.4 is 5.32 Å². The second-order valence-corrected chi connectivity index (χ2v) is 3.38. The van der Waals surface area contributed by atoms with Crippen LogP contribution in [-0.4, -0.2) is 6.54 Å². The SMILES string of the molecule is CCCCCNc1c(F)cc(F)cc1F. The Kier molecular flexibility index (Phi) is 4.46. The van der Waals surface area contributed by atoms with Crippen LogP contribution in [-0.2, 0) is 0 Å². The van der Waals surface area contributed by atoms with Crippen molar-refractivity contribution in [1.82, 2.24) is 0 Å². The van der Waals surface area contributed by atoms with E-state index in [1.165, 1.54) is 0 Å². The topological polar surface area (TPSA) is 12.0 Å². The Bertz CT molecular complexity index is 303. The van der Waals surface area contributed by atoms with Crippen molar-refractivity contribution in [2.75, 3.05) is 11.9 Å². The zero-order valence-electron chi connectivity index (χ0n) is 8.62. The van der Waals surface area contributed by atoms with E-state index >= 15 is 0 Å². The molecule has 0 saturated carbocycles. The molecule has 0 radical (unpaired) electrons. The highest BCUT2D eigenvalue weighted by molar-refractivity contribution is 5.46. The summed E-state index contributed by atoms with van der Waals surface area (Å²) in [7, 11) is 0. The fraction of sp³-hybridized carbons (Fsp3) is 0.455. The molecule has 1 N–H and O–H groups in total. The minimum absolute atomic E-state index is 0.243. The second-order valence-electron chi connectivity index (χ2n) is 3.38. The summed E-state index contributed by atoms with van der Waals surface area (Å²) in [5.41, 5.74) is -0.243. The lowest BCUT2D eigenvalue weighted by atomic mass is 10.2. The molecule has 84 valence electrons. The molecule has 15 heavy (non-hydrogen) atoms. The monoisotopic (exact) mass is 217 g/mol. The lowest BCUT2D eigenvalue weighted by Crippen LogP contribution is -2.06. The Hall–Kier alpha value is -1.19. The average molecular weight is 217 g/mol. The molecular formula is C11H14F3N. The van der Waals surface area contributed by atoms with Gasteiger partial charge in [0.2, 0.25) is 0 Å². The van der Waals surface area contributed by atoms with Crippen molar-refractivity contribution in [2.24, 2.45) is 0 Å². The van der Waals surface area contributed by atoms with Crippen LogP contribution in [0, 0.1) is 17.5 Å². The maximum absolute atomic E-state index is 13.1. The van der Waals surface area contributed by atoms with Crippen molar-refractivity contribution in [3.8, 4) is 0 Å². The minimum Gasteiger partial charge on any atom is -0.380 e. The molecule has 0 unspecified atom stereocenters. The fourth-order valence-electron chi connectivity index (χ4n) is 1.30. The van der Waals surface area contributed by atoms with E-state index in [1.807, 2.05) is 6.92 Å². The molecule has 1 nitrogen and oxygen atoms in total. The van der Waals surface area contributed by atoms with E-state index in [1.54, 1.807) is 0 Å². The standard InChI is InChI=1S/C11H14F3N/c1-2-3-4-5-15-11-9(13)6-8(12)7-10(11)14/h6-7,15H,2-5H2,1H3. The Morgan fingerprint density at radius 1 is 1.07 bits per heavy atom. The van der Waals surface area contributed by atoms with Gasteiger partial charge in [0.15, 0.2) is 11.6 Å². The van der Waals surface area contributed by atoms with Gasteiger partial charge in [-0.2, -0.15) is 0 Å². The summed E-state index contributed by atoms with van der Waals surface area (Å²) in [6.07, 6.45) is 2.88. The third-order valence-corrected chi connectivity index (χ3v) is 2.09. The molecule has 1 rings (SSSR count). The number of hydrogen-bond donors (Lipinski definition) is 1. The number of benzene rings is 1. The van der Waals surface area contributed by atoms with E-state index in [0.717, 1.165) is 19.3 Å². The van der Waals surface area contributed by atoms with Gasteiger partial charge in [0, 0.05) is 18.7 Å². The molecule has 0 fully saturated rings. The summed E-state index contributed by atoms with van der Waals surface area (Å²) < 4.78 is 38.7. The molecule has 0 saturated heterocycles. The summed E-state index contributed by atoms with van der Waals surface area (Å²) >= 11 is 0. The summed E-state index contributed by atoms with van der Waals surface area (Å²) in [6.45, 7) is 2.53. The zero-order valence-corrected chi connectivity index (χ0v) is 8.62. The number of halogens is 3. The van der Waals surface area contributed by atoms with E-state index in [0.29, 0.717) is 18.7 Å². The fourth-order valence-corrected chi connectivity index (χ4v) is 1.30. The van der Waals surface area contributed by atoms with Crippen LogP contribution in [0.4, 0.5) is 18.9 Å². The molecule has 4 heteroatoms. The molecule has 0 bridgehead atoms. The highest BCUT2D eigenvalue weighted by atomic mass is 19.1. The smallest absolute Gasteiger partial charge is 0.152 e. The maximum Gasteiger partial charge on any atom is 0.152 e. The first kappa shape index (κ1) is 11.9. The van der Waals surface area contributed by atoms with Crippen molar-refractivity contribution in [3.05, 3.63) is 29.6 Å². The second kappa shape index (κ2) is 5.63. The number of anilines is 1. The van der Waals surface area contributed by atoms with Crippen molar-refractivity contribution in [3.63, 3.8) is 0 Å². The van der Waals surface area contributed by atoms with Crippen LogP contribution in [0.2, 0.25) is 0 Å². The summed E-state index contributed by atoms with van der Waals surface area (Å²) in [5, 5.41) is 2.63. The number of unbranched alkanes of at least 4 members (excludes halogenated alkanes) is 2. The molecule has 0 aromatic heterocycles. The van der Waals surface area contributed by atoms with Crippen LogP contribution in [0.1, 0.15) is 26.2 Å². The number of nitrogens with one attached hydrogen (secondary N) is 1. The molecule has 1 aromatic rings. The van der Waals surface area contributed by atoms with Gasteiger partial charge in [-0.25, -0.2) is 13.2 Å². The molecular weight excluding hydrogens is 203 g/mol. The molecule has 1 aromatic carbocycles. The maximum atomic E-state index is 13.1. The van der Waals surface area contributed by atoms with Gasteiger partial charge < -0.3 is 5.32 Å². The predicted octanol–water partition coefficient (Wildman–Crippen LogP) is 3.71.